The minimum absolute atomic E-state index is 0.941. The Morgan fingerprint density at radius 1 is 1.00 bits per heavy atom. The highest BCUT2D eigenvalue weighted by atomic mass is 15.1. The van der Waals surface area contributed by atoms with E-state index in [2.05, 4.69) is 27.8 Å². The van der Waals surface area contributed by atoms with Crippen LogP contribution in [0.25, 0.3) is 17.1 Å². The van der Waals surface area contributed by atoms with Crippen molar-refractivity contribution in [2.24, 2.45) is 7.05 Å². The van der Waals surface area contributed by atoms with Crippen LogP contribution in [0.5, 0.6) is 0 Å². The third-order valence-corrected chi connectivity index (χ3v) is 2.76. The number of hydrogen-bond donors (Lipinski definition) is 0. The number of aromatic nitrogens is 3. The SMILES string of the molecule is Cn1cnc(-n2cccc2-c2ccccc2)c1. The van der Waals surface area contributed by atoms with Crippen molar-refractivity contribution in [3.63, 3.8) is 0 Å². The van der Waals surface area contributed by atoms with Crippen LogP contribution >= 0.6 is 0 Å². The van der Waals surface area contributed by atoms with Gasteiger partial charge in [-0.3, -0.25) is 4.57 Å². The second kappa shape index (κ2) is 3.94. The van der Waals surface area contributed by atoms with Gasteiger partial charge >= 0.3 is 0 Å². The molecule has 0 N–H and O–H groups in total. The Kier molecular flexibility index (Phi) is 2.29. The van der Waals surface area contributed by atoms with Crippen molar-refractivity contribution in [3.8, 4) is 17.1 Å². The Hall–Kier alpha value is -2.29. The Bertz CT molecular complexity index is 620. The molecule has 0 unspecified atom stereocenters. The number of hydrogen-bond acceptors (Lipinski definition) is 1. The van der Waals surface area contributed by atoms with Crippen LogP contribution in [0.15, 0.2) is 61.2 Å². The van der Waals surface area contributed by atoms with Crippen molar-refractivity contribution in [2.45, 2.75) is 0 Å². The van der Waals surface area contributed by atoms with Crippen molar-refractivity contribution in [3.05, 3.63) is 61.2 Å². The number of benzene rings is 1. The summed E-state index contributed by atoms with van der Waals surface area (Å²) in [5.41, 5.74) is 2.35. The first kappa shape index (κ1) is 9.90. The van der Waals surface area contributed by atoms with Crippen LogP contribution in [0, 0.1) is 0 Å². The highest BCUT2D eigenvalue weighted by Gasteiger charge is 2.06. The fraction of sp³-hybridized carbons (Fsp3) is 0.0714. The Morgan fingerprint density at radius 2 is 1.82 bits per heavy atom. The zero-order valence-corrected chi connectivity index (χ0v) is 9.62. The van der Waals surface area contributed by atoms with Crippen LogP contribution in [0.2, 0.25) is 0 Å². The predicted molar refractivity (Wildman–Crippen MR) is 68.0 cm³/mol. The lowest BCUT2D eigenvalue weighted by atomic mass is 10.1. The lowest BCUT2D eigenvalue weighted by Gasteiger charge is -2.05. The molecule has 1 aromatic carbocycles. The summed E-state index contributed by atoms with van der Waals surface area (Å²) >= 11 is 0. The van der Waals surface area contributed by atoms with E-state index in [-0.39, 0.29) is 0 Å². The molecule has 3 heteroatoms. The molecule has 3 nitrogen and oxygen atoms in total. The fourth-order valence-corrected chi connectivity index (χ4v) is 1.95. The summed E-state index contributed by atoms with van der Waals surface area (Å²) in [4.78, 5) is 4.37. The van der Waals surface area contributed by atoms with Crippen molar-refractivity contribution < 1.29 is 0 Å². The molecule has 17 heavy (non-hydrogen) atoms. The average molecular weight is 223 g/mol. The summed E-state index contributed by atoms with van der Waals surface area (Å²) < 4.78 is 4.04. The van der Waals surface area contributed by atoms with Gasteiger partial charge in [0.05, 0.1) is 12.0 Å². The largest absolute Gasteiger partial charge is 0.338 e. The van der Waals surface area contributed by atoms with E-state index in [1.807, 2.05) is 54.6 Å². The third kappa shape index (κ3) is 1.76. The van der Waals surface area contributed by atoms with Gasteiger partial charge in [0.1, 0.15) is 0 Å². The van der Waals surface area contributed by atoms with E-state index in [0.29, 0.717) is 0 Å². The second-order valence-corrected chi connectivity index (χ2v) is 4.03. The van der Waals surface area contributed by atoms with Crippen molar-refractivity contribution in [1.29, 1.82) is 0 Å². The molecule has 0 amide bonds. The van der Waals surface area contributed by atoms with Crippen molar-refractivity contribution >= 4 is 0 Å². The molecule has 0 saturated carbocycles. The van der Waals surface area contributed by atoms with Gasteiger partial charge in [0.25, 0.3) is 0 Å². The van der Waals surface area contributed by atoms with Gasteiger partial charge in [0.2, 0.25) is 0 Å². The van der Waals surface area contributed by atoms with Gasteiger partial charge in [-0.25, -0.2) is 4.98 Å². The molecule has 0 spiro atoms. The smallest absolute Gasteiger partial charge is 0.155 e. The van der Waals surface area contributed by atoms with E-state index in [1.54, 1.807) is 0 Å². The molecule has 0 aliphatic carbocycles. The molecule has 2 aromatic heterocycles. The number of nitrogens with zero attached hydrogens (tertiary/aromatic N) is 3. The number of rotatable bonds is 2. The molecule has 0 fully saturated rings. The third-order valence-electron chi connectivity index (χ3n) is 2.76. The van der Waals surface area contributed by atoms with Gasteiger partial charge in [0, 0.05) is 19.4 Å². The van der Waals surface area contributed by atoms with Crippen LogP contribution in [0.1, 0.15) is 0 Å². The zero-order valence-electron chi connectivity index (χ0n) is 9.62. The lowest BCUT2D eigenvalue weighted by Crippen LogP contribution is -1.95. The first-order chi connectivity index (χ1) is 8.34. The maximum Gasteiger partial charge on any atom is 0.155 e. The van der Waals surface area contributed by atoms with E-state index < -0.39 is 0 Å². The molecule has 0 aliphatic rings. The first-order valence-electron chi connectivity index (χ1n) is 5.56. The number of imidazole rings is 1. The molecule has 0 radical (unpaired) electrons. The summed E-state index contributed by atoms with van der Waals surface area (Å²) in [6.45, 7) is 0. The number of aryl methyl sites for hydroxylation is 1. The minimum Gasteiger partial charge on any atom is -0.338 e. The van der Waals surface area contributed by atoms with Gasteiger partial charge in [-0.15, -0.1) is 0 Å². The molecule has 3 aromatic rings. The van der Waals surface area contributed by atoms with Crippen molar-refractivity contribution in [1.82, 2.24) is 14.1 Å². The van der Waals surface area contributed by atoms with Crippen LogP contribution in [0.4, 0.5) is 0 Å². The van der Waals surface area contributed by atoms with Crippen LogP contribution in [-0.2, 0) is 7.05 Å². The average Bonchev–Trinajstić information content (AvgIpc) is 2.98. The molecular formula is C14H13N3. The second-order valence-electron chi connectivity index (χ2n) is 4.03. The summed E-state index contributed by atoms with van der Waals surface area (Å²) in [7, 11) is 1.97. The van der Waals surface area contributed by atoms with E-state index >= 15 is 0 Å². The van der Waals surface area contributed by atoms with Gasteiger partial charge in [0.15, 0.2) is 5.82 Å². The lowest BCUT2D eigenvalue weighted by molar-refractivity contribution is 0.912. The molecule has 0 saturated heterocycles. The molecule has 2 heterocycles. The highest BCUT2D eigenvalue weighted by Crippen LogP contribution is 2.22. The summed E-state index contributed by atoms with van der Waals surface area (Å²) in [5.74, 6) is 0.941. The Morgan fingerprint density at radius 3 is 2.53 bits per heavy atom. The monoisotopic (exact) mass is 223 g/mol. The summed E-state index contributed by atoms with van der Waals surface area (Å²) in [6, 6.07) is 14.5. The van der Waals surface area contributed by atoms with Gasteiger partial charge in [-0.05, 0) is 17.7 Å². The minimum atomic E-state index is 0.941. The van der Waals surface area contributed by atoms with Crippen LogP contribution in [0.3, 0.4) is 0 Å². The first-order valence-corrected chi connectivity index (χ1v) is 5.56. The van der Waals surface area contributed by atoms with E-state index in [9.17, 15) is 0 Å². The fourth-order valence-electron chi connectivity index (χ4n) is 1.95. The molecule has 3 rings (SSSR count). The van der Waals surface area contributed by atoms with E-state index in [1.165, 1.54) is 5.56 Å². The van der Waals surface area contributed by atoms with Crippen LogP contribution in [-0.4, -0.2) is 14.1 Å². The topological polar surface area (TPSA) is 22.8 Å². The zero-order chi connectivity index (χ0) is 11.7. The van der Waals surface area contributed by atoms with Gasteiger partial charge in [-0.2, -0.15) is 0 Å². The Balaban J connectivity index is 2.12. The molecule has 84 valence electrons. The normalized spacial score (nSPS) is 10.6. The van der Waals surface area contributed by atoms with E-state index in [0.717, 1.165) is 11.5 Å². The van der Waals surface area contributed by atoms with Gasteiger partial charge < -0.3 is 4.57 Å². The Labute approximate surface area is 100.0 Å². The summed E-state index contributed by atoms with van der Waals surface area (Å²) in [5, 5.41) is 0. The quantitative estimate of drug-likeness (QED) is 0.655. The molecule has 0 aliphatic heterocycles. The maximum absolute atomic E-state index is 4.37. The molecule has 0 atom stereocenters. The van der Waals surface area contributed by atoms with Gasteiger partial charge in [-0.1, -0.05) is 30.3 Å². The van der Waals surface area contributed by atoms with Crippen LogP contribution < -0.4 is 0 Å². The standard InChI is InChI=1S/C14H13N3/c1-16-10-14(15-11-16)17-9-5-8-13(17)12-6-3-2-4-7-12/h2-11H,1H3. The maximum atomic E-state index is 4.37. The highest BCUT2D eigenvalue weighted by molar-refractivity contribution is 5.62. The predicted octanol–water partition coefficient (Wildman–Crippen LogP) is 2.88. The summed E-state index contributed by atoms with van der Waals surface area (Å²) in [6.07, 6.45) is 5.85. The molecule has 0 bridgehead atoms. The van der Waals surface area contributed by atoms with E-state index in [4.69, 9.17) is 0 Å². The van der Waals surface area contributed by atoms with Crippen molar-refractivity contribution in [2.75, 3.05) is 0 Å². The molecular weight excluding hydrogens is 210 g/mol.